The molecule has 5 rings (SSSR count). The van der Waals surface area contributed by atoms with Crippen molar-refractivity contribution in [3.8, 4) is 0 Å². The van der Waals surface area contributed by atoms with Crippen LogP contribution in [0.15, 0.2) is 96.0 Å². The van der Waals surface area contributed by atoms with E-state index in [4.69, 9.17) is 0 Å². The minimum atomic E-state index is -0.620. The van der Waals surface area contributed by atoms with E-state index in [0.29, 0.717) is 41.7 Å². The van der Waals surface area contributed by atoms with Crippen LogP contribution in [0, 0.1) is 11.2 Å². The van der Waals surface area contributed by atoms with E-state index >= 15 is 0 Å². The fourth-order valence-corrected chi connectivity index (χ4v) is 4.70. The van der Waals surface area contributed by atoms with E-state index in [9.17, 15) is 19.7 Å². The van der Waals surface area contributed by atoms with Crippen molar-refractivity contribution in [3.63, 3.8) is 0 Å². The van der Waals surface area contributed by atoms with E-state index in [-0.39, 0.29) is 23.2 Å². The number of amidine groups is 1. The van der Waals surface area contributed by atoms with Gasteiger partial charge in [-0.15, -0.1) is 0 Å². The number of hydrogen-bond acceptors (Lipinski definition) is 4. The molecule has 0 saturated heterocycles. The van der Waals surface area contributed by atoms with Gasteiger partial charge in [-0.2, -0.15) is 0 Å². The second-order valence-corrected chi connectivity index (χ2v) is 8.15. The van der Waals surface area contributed by atoms with Crippen molar-refractivity contribution in [1.29, 1.82) is 5.41 Å². The smallest absolute Gasteiger partial charge is 0.161 e. The summed E-state index contributed by atoms with van der Waals surface area (Å²) in [5, 5.41) is 20.6. The molecule has 0 bridgehead atoms. The van der Waals surface area contributed by atoms with Gasteiger partial charge in [-0.25, -0.2) is 4.39 Å². The van der Waals surface area contributed by atoms with Crippen LogP contribution < -0.4 is 4.90 Å². The molecule has 1 aliphatic heterocycles. The van der Waals surface area contributed by atoms with Gasteiger partial charge in [0.2, 0.25) is 0 Å². The second-order valence-electron chi connectivity index (χ2n) is 8.15. The Morgan fingerprint density at radius 3 is 2.48 bits per heavy atom. The number of aromatic nitrogens is 1. The fourth-order valence-electron chi connectivity index (χ4n) is 4.70. The molecular weight excluding hydrogens is 417 g/mol. The first kappa shape index (κ1) is 20.8. The predicted molar refractivity (Wildman–Crippen MR) is 125 cm³/mol. The van der Waals surface area contributed by atoms with Crippen molar-refractivity contribution in [1.82, 2.24) is 4.98 Å². The van der Waals surface area contributed by atoms with Crippen LogP contribution >= 0.6 is 0 Å². The number of aliphatic hydroxyl groups is 1. The average molecular weight is 439 g/mol. The van der Waals surface area contributed by atoms with Gasteiger partial charge in [-0.05, 0) is 48.7 Å². The quantitative estimate of drug-likeness (QED) is 0.507. The predicted octanol–water partition coefficient (Wildman–Crippen LogP) is 5.78. The van der Waals surface area contributed by atoms with Crippen LogP contribution in [-0.2, 0) is 4.79 Å². The first-order chi connectivity index (χ1) is 16.1. The van der Waals surface area contributed by atoms with Crippen molar-refractivity contribution in [3.05, 3.63) is 113 Å². The zero-order chi connectivity index (χ0) is 22.9. The number of ketones is 1. The lowest BCUT2D eigenvalue weighted by Gasteiger charge is -2.41. The fraction of sp³-hybridized carbons (Fsp3) is 0.148. The van der Waals surface area contributed by atoms with Gasteiger partial charge in [-0.1, -0.05) is 36.4 Å². The summed E-state index contributed by atoms with van der Waals surface area (Å²) < 4.78 is 13.7. The Bertz CT molecular complexity index is 1280. The molecule has 0 radical (unpaired) electrons. The van der Waals surface area contributed by atoms with Crippen LogP contribution in [-0.4, -0.2) is 21.7 Å². The van der Waals surface area contributed by atoms with Crippen LogP contribution in [0.5, 0.6) is 0 Å². The molecule has 1 aromatic heterocycles. The maximum absolute atomic E-state index is 13.7. The number of aliphatic hydroxyl groups excluding tert-OH is 1. The summed E-state index contributed by atoms with van der Waals surface area (Å²) in [7, 11) is 0. The standard InChI is InChI=1S/C27H22FN3O2/c28-19-11-13-20(14-12-19)31-21-9-4-10-22(32)24(21)23(18-8-5-15-30-16-18)25(27(31)29)26(33)17-6-2-1-3-7-17/h1-3,5-8,11-16,23,29,33H,4,9-10H2/t23-/m1/s1. The Morgan fingerprint density at radius 2 is 1.79 bits per heavy atom. The normalized spacial score (nSPS) is 20.0. The SMILES string of the molecule is N=C1C(=C(O)c2ccccc2)[C@H](c2cccnc2)C2=C(CCCC2=O)N1c1ccc(F)cc1. The number of halogens is 1. The molecule has 0 saturated carbocycles. The summed E-state index contributed by atoms with van der Waals surface area (Å²) in [6.07, 6.45) is 5.01. The average Bonchev–Trinajstić information content (AvgIpc) is 2.85. The molecule has 2 N–H and O–H groups in total. The summed E-state index contributed by atoms with van der Waals surface area (Å²) in [6, 6.07) is 18.5. The molecule has 2 aliphatic rings. The molecular formula is C27H22FN3O2. The number of anilines is 1. The molecule has 2 heterocycles. The highest BCUT2D eigenvalue weighted by atomic mass is 19.1. The van der Waals surface area contributed by atoms with Crippen LogP contribution in [0.1, 0.15) is 36.3 Å². The maximum Gasteiger partial charge on any atom is 0.161 e. The van der Waals surface area contributed by atoms with E-state index in [1.807, 2.05) is 24.3 Å². The largest absolute Gasteiger partial charge is 0.507 e. The molecule has 6 heteroatoms. The summed E-state index contributed by atoms with van der Waals surface area (Å²) in [4.78, 5) is 19.2. The molecule has 5 nitrogen and oxygen atoms in total. The number of carbonyl (C=O) groups is 1. The lowest BCUT2D eigenvalue weighted by Crippen LogP contribution is -2.42. The Kier molecular flexibility index (Phi) is 5.34. The number of nitrogens with zero attached hydrogens (tertiary/aromatic N) is 2. The van der Waals surface area contributed by atoms with Gasteiger partial charge in [0, 0.05) is 52.8 Å². The van der Waals surface area contributed by atoms with Gasteiger partial charge in [-0.3, -0.25) is 20.1 Å². The Morgan fingerprint density at radius 1 is 1.03 bits per heavy atom. The molecule has 164 valence electrons. The first-order valence-corrected chi connectivity index (χ1v) is 10.9. The van der Waals surface area contributed by atoms with Gasteiger partial charge in [0.1, 0.15) is 17.4 Å². The van der Waals surface area contributed by atoms with Crippen molar-refractivity contribution in [2.75, 3.05) is 4.90 Å². The lowest BCUT2D eigenvalue weighted by atomic mass is 9.74. The van der Waals surface area contributed by atoms with Crippen LogP contribution in [0.4, 0.5) is 10.1 Å². The Labute approximate surface area is 191 Å². The number of rotatable bonds is 3. The topological polar surface area (TPSA) is 77.3 Å². The monoisotopic (exact) mass is 439 g/mol. The zero-order valence-electron chi connectivity index (χ0n) is 17.8. The molecule has 0 spiro atoms. The number of pyridine rings is 1. The van der Waals surface area contributed by atoms with E-state index in [1.54, 1.807) is 47.6 Å². The third-order valence-corrected chi connectivity index (χ3v) is 6.16. The number of nitrogens with one attached hydrogen (secondary N) is 1. The highest BCUT2D eigenvalue weighted by Crippen LogP contribution is 2.47. The van der Waals surface area contributed by atoms with E-state index in [1.165, 1.54) is 12.1 Å². The van der Waals surface area contributed by atoms with Gasteiger partial charge in [0.25, 0.3) is 0 Å². The zero-order valence-corrected chi connectivity index (χ0v) is 17.8. The van der Waals surface area contributed by atoms with E-state index < -0.39 is 5.92 Å². The van der Waals surface area contributed by atoms with Gasteiger partial charge >= 0.3 is 0 Å². The van der Waals surface area contributed by atoms with Gasteiger partial charge < -0.3 is 5.11 Å². The van der Waals surface area contributed by atoms with E-state index in [0.717, 1.165) is 11.3 Å². The van der Waals surface area contributed by atoms with Crippen LogP contribution in [0.2, 0.25) is 0 Å². The molecule has 0 fully saturated rings. The molecule has 0 unspecified atom stereocenters. The molecule has 3 aromatic rings. The summed E-state index contributed by atoms with van der Waals surface area (Å²) in [6.45, 7) is 0. The lowest BCUT2D eigenvalue weighted by molar-refractivity contribution is -0.116. The molecule has 33 heavy (non-hydrogen) atoms. The molecule has 1 atom stereocenters. The molecule has 0 amide bonds. The highest BCUT2D eigenvalue weighted by Gasteiger charge is 2.43. The molecule has 2 aromatic carbocycles. The van der Waals surface area contributed by atoms with Crippen molar-refractivity contribution in [2.45, 2.75) is 25.2 Å². The van der Waals surface area contributed by atoms with Crippen molar-refractivity contribution >= 4 is 23.1 Å². The van der Waals surface area contributed by atoms with Gasteiger partial charge in [0.05, 0.1) is 0 Å². The number of allylic oxidation sites excluding steroid dienone is 2. The number of Topliss-reactive ketones (excluding diaryl/α,β-unsaturated/α-hetero) is 1. The summed E-state index contributed by atoms with van der Waals surface area (Å²) in [5.74, 6) is -1.02. The van der Waals surface area contributed by atoms with Gasteiger partial charge in [0.15, 0.2) is 5.78 Å². The van der Waals surface area contributed by atoms with E-state index in [2.05, 4.69) is 4.98 Å². The highest BCUT2D eigenvalue weighted by molar-refractivity contribution is 6.19. The van der Waals surface area contributed by atoms with Crippen LogP contribution in [0.25, 0.3) is 5.76 Å². The minimum Gasteiger partial charge on any atom is -0.507 e. The first-order valence-electron chi connectivity index (χ1n) is 10.9. The Hall–Kier alpha value is -4.06. The third-order valence-electron chi connectivity index (χ3n) is 6.16. The summed E-state index contributed by atoms with van der Waals surface area (Å²) >= 11 is 0. The van der Waals surface area contributed by atoms with Crippen molar-refractivity contribution in [2.24, 2.45) is 0 Å². The second kappa shape index (κ2) is 8.47. The third kappa shape index (κ3) is 3.63. The Balaban J connectivity index is 1.82. The number of hydrogen-bond donors (Lipinski definition) is 2. The van der Waals surface area contributed by atoms with Crippen LogP contribution in [0.3, 0.4) is 0 Å². The number of benzene rings is 2. The minimum absolute atomic E-state index is 0.0110. The maximum atomic E-state index is 13.7. The number of carbonyl (C=O) groups excluding carboxylic acids is 1. The summed E-state index contributed by atoms with van der Waals surface area (Å²) in [5.41, 5.74) is 3.48. The van der Waals surface area contributed by atoms with Crippen molar-refractivity contribution < 1.29 is 14.3 Å². The molecule has 1 aliphatic carbocycles.